The van der Waals surface area contributed by atoms with Crippen molar-refractivity contribution >= 4 is 39.5 Å². The molecule has 1 aliphatic rings. The Balaban J connectivity index is 1.23. The lowest BCUT2D eigenvalue weighted by atomic mass is 10.2. The first-order valence-corrected chi connectivity index (χ1v) is 12.9. The van der Waals surface area contributed by atoms with Gasteiger partial charge in [-0.3, -0.25) is 0 Å². The standard InChI is InChI=1S/C28H30N8O2/c1-4-37-15-20-6-5-11-36(20)28-29-14-23-26(34-28)27(31-16-30-23)33-19-7-10-25(18(2)12-19)38-21-8-9-24-22(13-21)32-17-35(24)3/h7-10,12-14,16-17,20H,4-6,11,15H2,1-3H3,(H,30,31,33). The molecule has 1 N–H and O–H groups in total. The predicted octanol–water partition coefficient (Wildman–Crippen LogP) is 5.16. The molecular formula is C28H30N8O2. The molecule has 1 aliphatic heterocycles. The third-order valence-electron chi connectivity index (χ3n) is 6.88. The van der Waals surface area contributed by atoms with Gasteiger partial charge in [0, 0.05) is 32.0 Å². The molecule has 2 aromatic carbocycles. The third-order valence-corrected chi connectivity index (χ3v) is 6.88. The first-order chi connectivity index (χ1) is 18.6. The van der Waals surface area contributed by atoms with Crippen LogP contribution in [-0.4, -0.2) is 55.3 Å². The molecule has 1 unspecified atom stereocenters. The number of hydrogen-bond donors (Lipinski definition) is 1. The highest BCUT2D eigenvalue weighted by molar-refractivity contribution is 5.87. The highest BCUT2D eigenvalue weighted by atomic mass is 16.5. The summed E-state index contributed by atoms with van der Waals surface area (Å²) in [5.41, 5.74) is 5.20. The van der Waals surface area contributed by atoms with Crippen molar-refractivity contribution in [2.75, 3.05) is 30.0 Å². The number of nitrogens with zero attached hydrogens (tertiary/aromatic N) is 7. The number of aryl methyl sites for hydroxylation is 2. The minimum absolute atomic E-state index is 0.280. The highest BCUT2D eigenvalue weighted by Crippen LogP contribution is 2.31. The number of aromatic nitrogens is 6. The Morgan fingerprint density at radius 3 is 2.84 bits per heavy atom. The highest BCUT2D eigenvalue weighted by Gasteiger charge is 2.27. The minimum Gasteiger partial charge on any atom is -0.457 e. The zero-order valence-electron chi connectivity index (χ0n) is 21.8. The Morgan fingerprint density at radius 1 is 1.05 bits per heavy atom. The SMILES string of the molecule is CCOCC1CCCN1c1ncc2ncnc(Nc3ccc(Oc4ccc5c(c4)ncn5C)c(C)c3)c2n1. The van der Waals surface area contributed by atoms with Crippen molar-refractivity contribution in [1.29, 1.82) is 0 Å². The Hall–Kier alpha value is -4.31. The van der Waals surface area contributed by atoms with Crippen molar-refractivity contribution in [2.45, 2.75) is 32.7 Å². The van der Waals surface area contributed by atoms with E-state index in [-0.39, 0.29) is 6.04 Å². The second kappa shape index (κ2) is 10.2. The van der Waals surface area contributed by atoms with E-state index in [0.717, 1.165) is 53.2 Å². The van der Waals surface area contributed by atoms with Gasteiger partial charge in [0.1, 0.15) is 28.9 Å². The normalized spacial score (nSPS) is 15.4. The van der Waals surface area contributed by atoms with Gasteiger partial charge < -0.3 is 24.3 Å². The molecule has 6 rings (SSSR count). The lowest BCUT2D eigenvalue weighted by Crippen LogP contribution is -2.34. The van der Waals surface area contributed by atoms with Crippen LogP contribution in [0.1, 0.15) is 25.3 Å². The lowest BCUT2D eigenvalue weighted by molar-refractivity contribution is 0.133. The zero-order chi connectivity index (χ0) is 26.1. The summed E-state index contributed by atoms with van der Waals surface area (Å²) in [5.74, 6) is 2.84. The van der Waals surface area contributed by atoms with E-state index < -0.39 is 0 Å². The summed E-state index contributed by atoms with van der Waals surface area (Å²) >= 11 is 0. The number of benzene rings is 2. The molecule has 0 amide bonds. The summed E-state index contributed by atoms with van der Waals surface area (Å²) in [6.07, 6.45) is 7.26. The summed E-state index contributed by atoms with van der Waals surface area (Å²) in [4.78, 5) is 25.0. The number of fused-ring (bicyclic) bond motifs is 2. The van der Waals surface area contributed by atoms with E-state index in [1.165, 1.54) is 6.33 Å². The van der Waals surface area contributed by atoms with Crippen molar-refractivity contribution in [3.8, 4) is 11.5 Å². The van der Waals surface area contributed by atoms with Crippen LogP contribution in [0, 0.1) is 6.92 Å². The van der Waals surface area contributed by atoms with Crippen LogP contribution in [0.15, 0.2) is 55.2 Å². The minimum atomic E-state index is 0.280. The quantitative estimate of drug-likeness (QED) is 0.303. The Labute approximate surface area is 220 Å². The van der Waals surface area contributed by atoms with Crippen molar-refractivity contribution in [3.05, 3.63) is 60.8 Å². The van der Waals surface area contributed by atoms with Gasteiger partial charge in [0.05, 0.1) is 36.2 Å². The number of ether oxygens (including phenoxy) is 2. The molecule has 1 saturated heterocycles. The van der Waals surface area contributed by atoms with Crippen LogP contribution in [0.5, 0.6) is 11.5 Å². The van der Waals surface area contributed by atoms with Crippen LogP contribution in [-0.2, 0) is 11.8 Å². The lowest BCUT2D eigenvalue weighted by Gasteiger charge is -2.24. The Bertz CT molecular complexity index is 1600. The Kier molecular flexibility index (Phi) is 6.47. The van der Waals surface area contributed by atoms with Crippen molar-refractivity contribution in [3.63, 3.8) is 0 Å². The Morgan fingerprint density at radius 2 is 1.97 bits per heavy atom. The fourth-order valence-corrected chi connectivity index (χ4v) is 4.89. The van der Waals surface area contributed by atoms with Crippen LogP contribution in [0.25, 0.3) is 22.1 Å². The average Bonchev–Trinajstić information content (AvgIpc) is 3.55. The van der Waals surface area contributed by atoms with Gasteiger partial charge >= 0.3 is 0 Å². The van der Waals surface area contributed by atoms with Gasteiger partial charge in [-0.15, -0.1) is 0 Å². The van der Waals surface area contributed by atoms with Crippen LogP contribution in [0.4, 0.5) is 17.5 Å². The van der Waals surface area contributed by atoms with Gasteiger partial charge in [-0.2, -0.15) is 0 Å². The molecule has 1 fully saturated rings. The number of nitrogens with one attached hydrogen (secondary N) is 1. The van der Waals surface area contributed by atoms with Crippen LogP contribution >= 0.6 is 0 Å². The molecule has 4 heterocycles. The van der Waals surface area contributed by atoms with Gasteiger partial charge in [-0.1, -0.05) is 0 Å². The fourth-order valence-electron chi connectivity index (χ4n) is 4.89. The van der Waals surface area contributed by atoms with E-state index in [1.54, 1.807) is 12.5 Å². The molecule has 1 atom stereocenters. The van der Waals surface area contributed by atoms with E-state index in [1.807, 2.05) is 61.9 Å². The van der Waals surface area contributed by atoms with Crippen molar-refractivity contribution in [2.24, 2.45) is 7.05 Å². The van der Waals surface area contributed by atoms with E-state index in [0.29, 0.717) is 36.0 Å². The second-order valence-corrected chi connectivity index (χ2v) is 9.49. The molecule has 0 saturated carbocycles. The molecule has 0 spiro atoms. The first-order valence-electron chi connectivity index (χ1n) is 12.9. The third kappa shape index (κ3) is 4.70. The predicted molar refractivity (Wildman–Crippen MR) is 147 cm³/mol. The van der Waals surface area contributed by atoms with E-state index in [4.69, 9.17) is 14.5 Å². The largest absolute Gasteiger partial charge is 0.457 e. The number of hydrogen-bond acceptors (Lipinski definition) is 9. The summed E-state index contributed by atoms with van der Waals surface area (Å²) in [5, 5.41) is 3.42. The maximum absolute atomic E-state index is 6.17. The van der Waals surface area contributed by atoms with Gasteiger partial charge in [-0.05, 0) is 62.6 Å². The molecule has 38 heavy (non-hydrogen) atoms. The van der Waals surface area contributed by atoms with Gasteiger partial charge in [0.25, 0.3) is 0 Å². The molecule has 0 radical (unpaired) electrons. The smallest absolute Gasteiger partial charge is 0.226 e. The zero-order valence-corrected chi connectivity index (χ0v) is 21.8. The number of rotatable bonds is 8. The van der Waals surface area contributed by atoms with Crippen molar-refractivity contribution < 1.29 is 9.47 Å². The second-order valence-electron chi connectivity index (χ2n) is 9.49. The van der Waals surface area contributed by atoms with E-state index >= 15 is 0 Å². The average molecular weight is 511 g/mol. The van der Waals surface area contributed by atoms with E-state index in [2.05, 4.69) is 30.2 Å². The molecule has 0 aliphatic carbocycles. The topological polar surface area (TPSA) is 103 Å². The molecule has 5 aromatic rings. The molecule has 10 heteroatoms. The van der Waals surface area contributed by atoms with E-state index in [9.17, 15) is 0 Å². The molecule has 194 valence electrons. The van der Waals surface area contributed by atoms with Crippen LogP contribution in [0.2, 0.25) is 0 Å². The molecule has 10 nitrogen and oxygen atoms in total. The summed E-state index contributed by atoms with van der Waals surface area (Å²) in [7, 11) is 1.98. The van der Waals surface area contributed by atoms with Crippen LogP contribution < -0.4 is 15.0 Å². The maximum Gasteiger partial charge on any atom is 0.226 e. The van der Waals surface area contributed by atoms with Crippen molar-refractivity contribution in [1.82, 2.24) is 29.5 Å². The monoisotopic (exact) mass is 510 g/mol. The first kappa shape index (κ1) is 24.1. The maximum atomic E-state index is 6.17. The van der Waals surface area contributed by atoms with Gasteiger partial charge in [-0.25, -0.2) is 24.9 Å². The summed E-state index contributed by atoms with van der Waals surface area (Å²) in [6, 6.07) is 12.2. The molecular weight excluding hydrogens is 480 g/mol. The molecule has 0 bridgehead atoms. The van der Waals surface area contributed by atoms with Gasteiger partial charge in [0.2, 0.25) is 5.95 Å². The fraction of sp³-hybridized carbons (Fsp3) is 0.321. The molecule has 3 aromatic heterocycles. The summed E-state index contributed by atoms with van der Waals surface area (Å²) < 4.78 is 13.8. The number of imidazole rings is 1. The van der Waals surface area contributed by atoms with Gasteiger partial charge in [0.15, 0.2) is 5.82 Å². The number of anilines is 3. The van der Waals surface area contributed by atoms with Crippen LogP contribution in [0.3, 0.4) is 0 Å². The summed E-state index contributed by atoms with van der Waals surface area (Å²) in [6.45, 7) is 6.32.